The molecular weight excluding hydrogens is 827 g/mol. The van der Waals surface area contributed by atoms with E-state index in [1.54, 1.807) is 11.0 Å². The molecule has 10 nitrogen and oxygen atoms in total. The zero-order valence-corrected chi connectivity index (χ0v) is 33.9. The number of halogens is 8. The van der Waals surface area contributed by atoms with Gasteiger partial charge < -0.3 is 29.7 Å². The molecule has 0 amide bonds. The molecule has 20 heteroatoms. The van der Waals surface area contributed by atoms with Gasteiger partial charge in [0.1, 0.15) is 11.6 Å². The van der Waals surface area contributed by atoms with Gasteiger partial charge in [-0.3, -0.25) is 0 Å². The molecule has 322 valence electrons. The molecule has 0 fully saturated rings. The summed E-state index contributed by atoms with van der Waals surface area (Å²) in [6.45, 7) is 7.96. The summed E-state index contributed by atoms with van der Waals surface area (Å²) < 4.78 is 101. The van der Waals surface area contributed by atoms with Crippen LogP contribution in [0.4, 0.5) is 36.6 Å². The monoisotopic (exact) mass is 869 g/mol. The molecule has 0 spiro atoms. The number of aromatic nitrogens is 6. The highest BCUT2D eigenvalue weighted by atomic mass is 35.5. The number of hydrogen-bond donors (Lipinski definition) is 3. The Morgan fingerprint density at radius 3 is 1.90 bits per heavy atom. The summed E-state index contributed by atoms with van der Waals surface area (Å²) in [6.07, 6.45) is -0.855. The van der Waals surface area contributed by atoms with Crippen molar-refractivity contribution >= 4 is 32.9 Å². The minimum absolute atomic E-state index is 0.00895. The summed E-state index contributed by atoms with van der Waals surface area (Å²) in [5.41, 5.74) is 10.0. The first-order valence-electron chi connectivity index (χ1n) is 18.3. The van der Waals surface area contributed by atoms with Gasteiger partial charge in [0.25, 0.3) is 0 Å². The number of benzene rings is 2. The molecular formula is C41H43B2ClF7N8O2-. The standard InChI is InChI=1S/C20H18F4N4O.C15H18N2.C6H4ClF3N2O.B2H3/c1-20(23,24)19-25-9-16(29-2)18(27-19)28-7-6-14-11(10-28)8-15(26-14)17-12(21)4-3-5-13(17)22;1-10-4-3-5-11(2)15(10)14-8-12-9-16-7-6-13(12)17-14;1-13-3-2-11-5(6(8,9)10)12-4(3)7;1-2/h3-5,8-9,26H,6-7,10H2,1-2H3;3-5,8,16-17H,6-7,9H2,1-2H3;2H,1H3;1H3/q;;;-1. The number of H-pyrrole nitrogens is 2. The number of nitrogens with one attached hydrogen (secondary N) is 3. The van der Waals surface area contributed by atoms with Crippen molar-refractivity contribution in [2.24, 2.45) is 0 Å². The largest absolute Gasteiger partial charge is 0.492 e. The smallest absolute Gasteiger partial charge is 0.451 e. The summed E-state index contributed by atoms with van der Waals surface area (Å²) in [5.74, 6) is -5.84. The molecule has 4 aromatic heterocycles. The average molecular weight is 870 g/mol. The van der Waals surface area contributed by atoms with E-state index in [0.717, 1.165) is 43.9 Å². The summed E-state index contributed by atoms with van der Waals surface area (Å²) in [6, 6.07) is 14.2. The summed E-state index contributed by atoms with van der Waals surface area (Å²) in [5, 5.41) is 3.06. The van der Waals surface area contributed by atoms with Crippen LogP contribution < -0.4 is 19.7 Å². The maximum Gasteiger partial charge on any atom is 0.451 e. The van der Waals surface area contributed by atoms with Gasteiger partial charge in [-0.15, -0.1) is 0 Å². The Labute approximate surface area is 355 Å². The highest BCUT2D eigenvalue weighted by Crippen LogP contribution is 2.36. The van der Waals surface area contributed by atoms with Gasteiger partial charge in [-0.1, -0.05) is 43.6 Å². The molecule has 0 aliphatic carbocycles. The van der Waals surface area contributed by atoms with Gasteiger partial charge in [-0.25, -0.2) is 28.7 Å². The number of methoxy groups -OCH3 is 2. The number of alkyl halides is 5. The van der Waals surface area contributed by atoms with Gasteiger partial charge in [-0.2, -0.15) is 29.7 Å². The first-order chi connectivity index (χ1) is 29.0. The highest BCUT2D eigenvalue weighted by molar-refractivity contribution is 6.75. The number of ether oxygens (including phenoxy) is 2. The molecule has 2 radical (unpaired) electrons. The number of anilines is 1. The second-order valence-corrected chi connectivity index (χ2v) is 14.2. The third kappa shape index (κ3) is 11.0. The number of fused-ring (bicyclic) bond motifs is 2. The predicted octanol–water partition coefficient (Wildman–Crippen LogP) is 7.97. The molecule has 0 bridgehead atoms. The minimum Gasteiger partial charge on any atom is -0.492 e. The number of nitrogens with zero attached hydrogens (tertiary/aromatic N) is 5. The van der Waals surface area contributed by atoms with Crippen molar-refractivity contribution in [3.05, 3.63) is 123 Å². The molecule has 6 aromatic rings. The van der Waals surface area contributed by atoms with Crippen LogP contribution in [0.1, 0.15) is 52.2 Å². The van der Waals surface area contributed by atoms with E-state index in [-0.39, 0.29) is 35.8 Å². The Balaban J connectivity index is 0.000000186. The zero-order chi connectivity index (χ0) is 44.6. The van der Waals surface area contributed by atoms with Gasteiger partial charge in [0, 0.05) is 68.6 Å². The lowest BCUT2D eigenvalue weighted by Gasteiger charge is -2.29. The molecule has 0 saturated carbocycles. The van der Waals surface area contributed by atoms with Gasteiger partial charge in [0.2, 0.25) is 11.6 Å². The van der Waals surface area contributed by atoms with Crippen LogP contribution in [-0.4, -0.2) is 72.7 Å². The molecule has 0 atom stereocenters. The van der Waals surface area contributed by atoms with Crippen LogP contribution >= 0.6 is 11.6 Å². The van der Waals surface area contributed by atoms with E-state index in [1.807, 2.05) is 0 Å². The van der Waals surface area contributed by atoms with Crippen molar-refractivity contribution in [2.45, 2.75) is 58.8 Å². The fraction of sp³-hybridized carbons (Fsp3) is 0.317. The molecule has 3 N–H and O–H groups in total. The zero-order valence-electron chi connectivity index (χ0n) is 33.2. The third-order valence-corrected chi connectivity index (χ3v) is 9.93. The Kier molecular flexibility index (Phi) is 15.2. The van der Waals surface area contributed by atoms with Crippen molar-refractivity contribution < 1.29 is 40.2 Å². The second-order valence-electron chi connectivity index (χ2n) is 13.9. The molecule has 0 unspecified atom stereocenters. The first kappa shape index (κ1) is 46.5. The molecule has 6 heterocycles. The minimum atomic E-state index is -4.59. The molecule has 0 saturated heterocycles. The lowest BCUT2D eigenvalue weighted by Crippen LogP contribution is -2.31. The van der Waals surface area contributed by atoms with Crippen LogP contribution in [0.25, 0.3) is 22.5 Å². The summed E-state index contributed by atoms with van der Waals surface area (Å²) in [7, 11) is 7.68. The van der Waals surface area contributed by atoms with Gasteiger partial charge in [-0.05, 0) is 60.4 Å². The molecule has 61 heavy (non-hydrogen) atoms. The van der Waals surface area contributed by atoms with Gasteiger partial charge >= 0.3 is 12.1 Å². The molecule has 2 aliphatic heterocycles. The maximum absolute atomic E-state index is 14.1. The second kappa shape index (κ2) is 19.9. The van der Waals surface area contributed by atoms with E-state index in [1.165, 1.54) is 72.3 Å². The van der Waals surface area contributed by atoms with E-state index in [0.29, 0.717) is 25.2 Å². The third-order valence-electron chi connectivity index (χ3n) is 9.66. The van der Waals surface area contributed by atoms with Crippen LogP contribution in [-0.2, 0) is 38.0 Å². The Morgan fingerprint density at radius 1 is 0.770 bits per heavy atom. The Hall–Kier alpha value is -5.55. The van der Waals surface area contributed by atoms with E-state index < -0.39 is 35.4 Å². The average Bonchev–Trinajstić information content (AvgIpc) is 3.85. The Morgan fingerprint density at radius 2 is 1.33 bits per heavy atom. The van der Waals surface area contributed by atoms with Gasteiger partial charge in [0.15, 0.2) is 22.5 Å². The predicted molar refractivity (Wildman–Crippen MR) is 224 cm³/mol. The van der Waals surface area contributed by atoms with Crippen LogP contribution in [0.2, 0.25) is 5.15 Å². The first-order valence-corrected chi connectivity index (χ1v) is 18.7. The van der Waals surface area contributed by atoms with Crippen molar-refractivity contribution in [3.63, 3.8) is 0 Å². The topological polar surface area (TPSA) is 117 Å². The van der Waals surface area contributed by atoms with E-state index in [4.69, 9.17) is 24.1 Å². The number of aryl methyl sites for hydroxylation is 2. The summed E-state index contributed by atoms with van der Waals surface area (Å²) in [4.78, 5) is 22.2. The van der Waals surface area contributed by atoms with Crippen LogP contribution in [0.15, 0.2) is 60.9 Å². The quantitative estimate of drug-likeness (QED) is 0.0878. The Bertz CT molecular complexity index is 2380. The van der Waals surface area contributed by atoms with Crippen LogP contribution in [0.5, 0.6) is 11.5 Å². The molecule has 8 rings (SSSR count). The molecule has 2 aliphatic rings. The van der Waals surface area contributed by atoms with E-state index in [2.05, 4.69) is 78.1 Å². The normalized spacial score (nSPS) is 13.3. The van der Waals surface area contributed by atoms with Crippen molar-refractivity contribution in [2.75, 3.05) is 32.2 Å². The SMILES string of the molecule is COc1cnc(C(C)(F)F)nc1N1CCc2[nH]c(-c3c(F)cccc3F)cc2C1.COc1cnc(C(F)(F)F)nc1Cl.Cc1cccc(C)c1-c1cc2c([nH]1)CCNC2.[B][BH3-]. The maximum atomic E-state index is 14.1. The number of rotatable bonds is 6. The fourth-order valence-corrected chi connectivity index (χ4v) is 7.01. The van der Waals surface area contributed by atoms with Crippen LogP contribution in [0.3, 0.4) is 0 Å². The summed E-state index contributed by atoms with van der Waals surface area (Å²) >= 11 is 5.36. The van der Waals surface area contributed by atoms with Crippen molar-refractivity contribution in [1.82, 2.24) is 35.2 Å². The van der Waals surface area contributed by atoms with E-state index >= 15 is 0 Å². The van der Waals surface area contributed by atoms with Crippen molar-refractivity contribution in [3.8, 4) is 34.0 Å². The lowest BCUT2D eigenvalue weighted by molar-refractivity contribution is -0.145. The number of aromatic amines is 2. The van der Waals surface area contributed by atoms with E-state index in [9.17, 15) is 30.7 Å². The van der Waals surface area contributed by atoms with Crippen molar-refractivity contribution in [1.29, 1.82) is 0 Å². The van der Waals surface area contributed by atoms with Crippen LogP contribution in [0, 0.1) is 25.5 Å². The lowest BCUT2D eigenvalue weighted by atomic mass is 9.81. The number of hydrogen-bond acceptors (Lipinski definition) is 8. The molecule has 2 aromatic carbocycles. The fourth-order valence-electron chi connectivity index (χ4n) is 6.81. The highest BCUT2D eigenvalue weighted by Gasteiger charge is 2.35. The van der Waals surface area contributed by atoms with Gasteiger partial charge in [0.05, 0.1) is 37.9 Å².